The minimum Gasteiger partial charge on any atom is -0.488 e. The van der Waals surface area contributed by atoms with E-state index in [9.17, 15) is 14.3 Å². The molecule has 0 saturated heterocycles. The summed E-state index contributed by atoms with van der Waals surface area (Å²) in [6.45, 7) is 2.32. The molecular weight excluding hydrogens is 337 g/mol. The predicted octanol–water partition coefficient (Wildman–Crippen LogP) is 2.00. The molecule has 2 atom stereocenters. The molecule has 2 amide bonds. The summed E-state index contributed by atoms with van der Waals surface area (Å²) in [4.78, 5) is 11.8. The van der Waals surface area contributed by atoms with Crippen LogP contribution in [-0.2, 0) is 6.54 Å². The van der Waals surface area contributed by atoms with Crippen LogP contribution in [0.25, 0.3) is 0 Å². The maximum Gasteiger partial charge on any atom is 0.316 e. The van der Waals surface area contributed by atoms with E-state index in [0.29, 0.717) is 6.54 Å². The van der Waals surface area contributed by atoms with E-state index in [1.54, 1.807) is 19.1 Å². The van der Waals surface area contributed by atoms with E-state index >= 15 is 0 Å². The number of aliphatic hydroxyl groups is 1. The van der Waals surface area contributed by atoms with Crippen LogP contribution in [0.1, 0.15) is 12.5 Å². The van der Waals surface area contributed by atoms with Crippen LogP contribution in [-0.4, -0.2) is 36.6 Å². The first-order valence-electron chi connectivity index (χ1n) is 8.41. The molecule has 0 fully saturated rings. The zero-order chi connectivity index (χ0) is 18.8. The van der Waals surface area contributed by atoms with Crippen molar-refractivity contribution in [1.82, 2.24) is 16.0 Å². The topological polar surface area (TPSA) is 82.6 Å². The Labute approximate surface area is 152 Å². The summed E-state index contributed by atoms with van der Waals surface area (Å²) in [5.74, 6) is -0.379. The molecular formula is C19H24FN3O3. The number of carbonyl (C=O) groups is 1. The fourth-order valence-corrected chi connectivity index (χ4v) is 2.20. The summed E-state index contributed by atoms with van der Waals surface area (Å²) in [5.41, 5.74) is 1.00. The van der Waals surface area contributed by atoms with Gasteiger partial charge in [-0.15, -0.1) is 0 Å². The van der Waals surface area contributed by atoms with E-state index < -0.39 is 11.9 Å². The van der Waals surface area contributed by atoms with Gasteiger partial charge in [-0.05, 0) is 24.6 Å². The molecule has 2 aromatic carbocycles. The Morgan fingerprint density at radius 1 is 1.15 bits per heavy atom. The Bertz CT molecular complexity index is 685. The molecule has 0 aliphatic rings. The fourth-order valence-electron chi connectivity index (χ4n) is 2.20. The number of halogens is 1. The van der Waals surface area contributed by atoms with Crippen molar-refractivity contribution in [2.24, 2.45) is 0 Å². The van der Waals surface area contributed by atoms with Crippen molar-refractivity contribution in [2.75, 3.05) is 13.2 Å². The standard InChI is InChI=1S/C19H24FN3O3/c1-14(23-19(25)22-11-15-7-3-2-4-8-15)21-12-16(24)13-26-18-10-6-5-9-17(18)20/h2-10,14,16,21,24H,11-13H2,1H3,(H2,22,23,25). The summed E-state index contributed by atoms with van der Waals surface area (Å²) < 4.78 is 18.7. The highest BCUT2D eigenvalue weighted by atomic mass is 19.1. The maximum absolute atomic E-state index is 13.4. The summed E-state index contributed by atoms with van der Waals surface area (Å²) >= 11 is 0. The van der Waals surface area contributed by atoms with E-state index in [2.05, 4.69) is 16.0 Å². The van der Waals surface area contributed by atoms with Crippen molar-refractivity contribution in [1.29, 1.82) is 0 Å². The number of aliphatic hydroxyl groups excluding tert-OH is 1. The zero-order valence-electron chi connectivity index (χ0n) is 14.6. The van der Waals surface area contributed by atoms with E-state index in [0.717, 1.165) is 5.56 Å². The molecule has 0 spiro atoms. The molecule has 2 rings (SSSR count). The number of urea groups is 1. The molecule has 0 aliphatic carbocycles. The second-order valence-corrected chi connectivity index (χ2v) is 5.84. The van der Waals surface area contributed by atoms with Crippen molar-refractivity contribution >= 4 is 6.03 Å². The summed E-state index contributed by atoms with van der Waals surface area (Å²) in [7, 11) is 0. The molecule has 0 aliphatic heterocycles. The van der Waals surface area contributed by atoms with Gasteiger partial charge >= 0.3 is 6.03 Å². The summed E-state index contributed by atoms with van der Waals surface area (Å²) in [6, 6.07) is 15.3. The quantitative estimate of drug-likeness (QED) is 0.515. The van der Waals surface area contributed by atoms with Crippen LogP contribution >= 0.6 is 0 Å². The van der Waals surface area contributed by atoms with Gasteiger partial charge in [-0.25, -0.2) is 9.18 Å². The fraction of sp³-hybridized carbons (Fsp3) is 0.316. The molecule has 0 saturated carbocycles. The molecule has 26 heavy (non-hydrogen) atoms. The van der Waals surface area contributed by atoms with Gasteiger partial charge in [-0.1, -0.05) is 42.5 Å². The van der Waals surface area contributed by atoms with Crippen LogP contribution in [0, 0.1) is 5.82 Å². The number of hydrogen-bond acceptors (Lipinski definition) is 4. The largest absolute Gasteiger partial charge is 0.488 e. The number of para-hydroxylation sites is 1. The number of nitrogens with one attached hydrogen (secondary N) is 3. The van der Waals surface area contributed by atoms with Crippen LogP contribution in [0.2, 0.25) is 0 Å². The van der Waals surface area contributed by atoms with Gasteiger partial charge in [0.25, 0.3) is 0 Å². The van der Waals surface area contributed by atoms with Crippen LogP contribution in [0.3, 0.4) is 0 Å². The van der Waals surface area contributed by atoms with E-state index in [-0.39, 0.29) is 31.1 Å². The minimum absolute atomic E-state index is 0.0547. The number of rotatable bonds is 9. The highest BCUT2D eigenvalue weighted by Crippen LogP contribution is 2.15. The average Bonchev–Trinajstić information content (AvgIpc) is 2.65. The minimum atomic E-state index is -0.841. The van der Waals surface area contributed by atoms with Gasteiger partial charge < -0.3 is 20.5 Å². The van der Waals surface area contributed by atoms with Gasteiger partial charge in [-0.2, -0.15) is 0 Å². The summed E-state index contributed by atoms with van der Waals surface area (Å²) in [6.07, 6.45) is -1.19. The number of hydrogen-bond donors (Lipinski definition) is 4. The Morgan fingerprint density at radius 3 is 2.58 bits per heavy atom. The SMILES string of the molecule is CC(NCC(O)COc1ccccc1F)NC(=O)NCc1ccccc1. The molecule has 2 aromatic rings. The Balaban J connectivity index is 1.62. The average molecular weight is 361 g/mol. The number of amides is 2. The van der Waals surface area contributed by atoms with Crippen molar-refractivity contribution in [3.05, 3.63) is 66.0 Å². The second-order valence-electron chi connectivity index (χ2n) is 5.84. The van der Waals surface area contributed by atoms with E-state index in [1.165, 1.54) is 12.1 Å². The van der Waals surface area contributed by atoms with Crippen LogP contribution in [0.15, 0.2) is 54.6 Å². The smallest absolute Gasteiger partial charge is 0.316 e. The van der Waals surface area contributed by atoms with Gasteiger partial charge in [0.05, 0.1) is 6.17 Å². The third kappa shape index (κ3) is 7.08. The lowest BCUT2D eigenvalue weighted by Gasteiger charge is -2.19. The lowest BCUT2D eigenvalue weighted by atomic mass is 10.2. The van der Waals surface area contributed by atoms with Gasteiger partial charge in [-0.3, -0.25) is 5.32 Å². The van der Waals surface area contributed by atoms with Gasteiger partial charge in [0, 0.05) is 13.1 Å². The van der Waals surface area contributed by atoms with Crippen molar-refractivity contribution in [2.45, 2.75) is 25.7 Å². The van der Waals surface area contributed by atoms with Crippen molar-refractivity contribution in [3.63, 3.8) is 0 Å². The molecule has 0 aromatic heterocycles. The van der Waals surface area contributed by atoms with Crippen LogP contribution in [0.5, 0.6) is 5.75 Å². The third-order valence-electron chi connectivity index (χ3n) is 3.57. The first-order chi connectivity index (χ1) is 12.5. The second kappa shape index (κ2) is 10.4. The van der Waals surface area contributed by atoms with Crippen molar-refractivity contribution < 1.29 is 19.0 Å². The van der Waals surface area contributed by atoms with Gasteiger partial charge in [0.1, 0.15) is 12.7 Å². The summed E-state index contributed by atoms with van der Waals surface area (Å²) in [5, 5.41) is 18.3. The number of carbonyl (C=O) groups excluding carboxylic acids is 1. The Hall–Kier alpha value is -2.64. The van der Waals surface area contributed by atoms with Gasteiger partial charge in [0.15, 0.2) is 11.6 Å². The first kappa shape index (κ1) is 19.7. The zero-order valence-corrected chi connectivity index (χ0v) is 14.6. The van der Waals surface area contributed by atoms with Crippen LogP contribution < -0.4 is 20.7 Å². The van der Waals surface area contributed by atoms with Crippen molar-refractivity contribution in [3.8, 4) is 5.75 Å². The lowest BCUT2D eigenvalue weighted by Crippen LogP contribution is -2.49. The molecule has 0 bridgehead atoms. The monoisotopic (exact) mass is 361 g/mol. The highest BCUT2D eigenvalue weighted by Gasteiger charge is 2.11. The Kier molecular flexibility index (Phi) is 7.85. The normalized spacial score (nSPS) is 12.9. The molecule has 6 nitrogen and oxygen atoms in total. The van der Waals surface area contributed by atoms with E-state index in [1.807, 2.05) is 30.3 Å². The molecule has 0 radical (unpaired) electrons. The molecule has 0 heterocycles. The maximum atomic E-state index is 13.4. The van der Waals surface area contributed by atoms with Crippen LogP contribution in [0.4, 0.5) is 9.18 Å². The third-order valence-corrected chi connectivity index (χ3v) is 3.57. The van der Waals surface area contributed by atoms with E-state index in [4.69, 9.17) is 4.74 Å². The predicted molar refractivity (Wildman–Crippen MR) is 97.2 cm³/mol. The molecule has 2 unspecified atom stereocenters. The Morgan fingerprint density at radius 2 is 1.85 bits per heavy atom. The highest BCUT2D eigenvalue weighted by molar-refractivity contribution is 5.74. The molecule has 4 N–H and O–H groups in total. The first-order valence-corrected chi connectivity index (χ1v) is 8.41. The number of benzene rings is 2. The van der Waals surface area contributed by atoms with Gasteiger partial charge in [0.2, 0.25) is 0 Å². The molecule has 7 heteroatoms. The lowest BCUT2D eigenvalue weighted by molar-refractivity contribution is 0.101. The molecule has 140 valence electrons. The number of ether oxygens (including phenoxy) is 1.